The van der Waals surface area contributed by atoms with Gasteiger partial charge in [-0.05, 0) is 134 Å². The lowest BCUT2D eigenvalue weighted by Crippen LogP contribution is -2.09. The maximum Gasteiger partial charge on any atom is 0.123 e. The van der Waals surface area contributed by atoms with Gasteiger partial charge in [0.1, 0.15) is 5.82 Å². The van der Waals surface area contributed by atoms with Crippen LogP contribution in [-0.4, -0.2) is 4.57 Å². The van der Waals surface area contributed by atoms with Gasteiger partial charge in [-0.2, -0.15) is 0 Å². The molecular formula is C56H37FN2. The third-order valence-electron chi connectivity index (χ3n) is 11.6. The van der Waals surface area contributed by atoms with Gasteiger partial charge in [-0.1, -0.05) is 146 Å². The summed E-state index contributed by atoms with van der Waals surface area (Å²) in [5, 5.41) is 6.80. The van der Waals surface area contributed by atoms with Gasteiger partial charge in [0.2, 0.25) is 0 Å². The molecule has 0 amide bonds. The highest BCUT2D eigenvalue weighted by Gasteiger charge is 2.19. The summed E-state index contributed by atoms with van der Waals surface area (Å²) in [6.45, 7) is 0. The Morgan fingerprint density at radius 1 is 0.305 bits per heavy atom. The smallest absolute Gasteiger partial charge is 0.123 e. The van der Waals surface area contributed by atoms with Crippen molar-refractivity contribution in [3.63, 3.8) is 0 Å². The first-order valence-electron chi connectivity index (χ1n) is 20.0. The Balaban J connectivity index is 1.00. The maximum absolute atomic E-state index is 15.0. The molecule has 0 aliphatic rings. The molecule has 0 fully saturated rings. The molecule has 0 N–H and O–H groups in total. The van der Waals surface area contributed by atoms with Crippen LogP contribution in [0.4, 0.5) is 21.5 Å². The van der Waals surface area contributed by atoms with Crippen LogP contribution in [0.15, 0.2) is 224 Å². The molecule has 0 spiro atoms. The number of rotatable bonds is 7. The Hall–Kier alpha value is -7.75. The second-order valence-corrected chi connectivity index (χ2v) is 15.0. The first-order valence-corrected chi connectivity index (χ1v) is 20.0. The van der Waals surface area contributed by atoms with Crippen molar-refractivity contribution in [3.05, 3.63) is 230 Å². The first kappa shape index (κ1) is 34.5. The summed E-state index contributed by atoms with van der Waals surface area (Å²) in [5.41, 5.74) is 13.3. The summed E-state index contributed by atoms with van der Waals surface area (Å²) in [7, 11) is 0. The van der Waals surface area contributed by atoms with E-state index in [0.29, 0.717) is 0 Å². The van der Waals surface area contributed by atoms with Crippen molar-refractivity contribution in [1.29, 1.82) is 0 Å². The van der Waals surface area contributed by atoms with Crippen molar-refractivity contribution in [2.45, 2.75) is 0 Å². The van der Waals surface area contributed by atoms with Gasteiger partial charge in [0.05, 0.1) is 11.0 Å². The average molecular weight is 757 g/mol. The van der Waals surface area contributed by atoms with E-state index < -0.39 is 0 Å². The average Bonchev–Trinajstić information content (AvgIpc) is 3.62. The monoisotopic (exact) mass is 756 g/mol. The molecule has 278 valence electrons. The van der Waals surface area contributed by atoms with Crippen molar-refractivity contribution in [2.24, 2.45) is 0 Å². The lowest BCUT2D eigenvalue weighted by molar-refractivity contribution is 0.629. The van der Waals surface area contributed by atoms with Gasteiger partial charge < -0.3 is 9.47 Å². The van der Waals surface area contributed by atoms with Crippen LogP contribution in [0.25, 0.3) is 82.4 Å². The Bertz CT molecular complexity index is 3200. The Morgan fingerprint density at radius 3 is 1.25 bits per heavy atom. The van der Waals surface area contributed by atoms with Crippen LogP contribution in [0.2, 0.25) is 0 Å². The van der Waals surface area contributed by atoms with Gasteiger partial charge in [-0.3, -0.25) is 0 Å². The van der Waals surface area contributed by atoms with Crippen LogP contribution in [0.3, 0.4) is 0 Å². The molecule has 1 heterocycles. The number of nitrogens with zero attached hydrogens (tertiary/aromatic N) is 2. The van der Waals surface area contributed by atoms with Gasteiger partial charge in [0, 0.05) is 33.5 Å². The summed E-state index contributed by atoms with van der Waals surface area (Å²) in [6, 6.07) is 78.3. The molecule has 0 aliphatic heterocycles. The van der Waals surface area contributed by atoms with Gasteiger partial charge >= 0.3 is 0 Å². The number of halogens is 1. The molecule has 0 radical (unpaired) electrons. The molecule has 0 saturated heterocycles. The predicted octanol–water partition coefficient (Wildman–Crippen LogP) is 15.7. The standard InChI is InChI=1S/C56H37FN2/c57-42-29-35-54-52(37-42)51-36-41(38-24-30-45(31-25-38)58(43-16-6-2-7-17-43)44-18-8-3-9-19-44)28-34-53(51)59(54)46-32-26-40(27-33-46)56-49-22-12-10-20-47(49)55(39-14-4-1-5-15-39)48-21-11-13-23-50(48)56/h1-37H. The van der Waals surface area contributed by atoms with Crippen molar-refractivity contribution in [1.82, 2.24) is 4.57 Å². The van der Waals surface area contributed by atoms with E-state index in [4.69, 9.17) is 0 Å². The van der Waals surface area contributed by atoms with Gasteiger partial charge in [0.25, 0.3) is 0 Å². The molecule has 11 rings (SSSR count). The number of aromatic nitrogens is 1. The van der Waals surface area contributed by atoms with E-state index >= 15 is 4.39 Å². The lowest BCUT2D eigenvalue weighted by Gasteiger charge is -2.25. The molecular weight excluding hydrogens is 720 g/mol. The minimum atomic E-state index is -0.249. The zero-order valence-corrected chi connectivity index (χ0v) is 32.1. The first-order chi connectivity index (χ1) is 29.2. The van der Waals surface area contributed by atoms with E-state index in [1.807, 2.05) is 18.2 Å². The quantitative estimate of drug-likeness (QED) is 0.147. The summed E-state index contributed by atoms with van der Waals surface area (Å²) >= 11 is 0. The molecule has 3 heteroatoms. The molecule has 0 unspecified atom stereocenters. The summed E-state index contributed by atoms with van der Waals surface area (Å²) < 4.78 is 17.3. The van der Waals surface area contributed by atoms with E-state index in [2.05, 4.69) is 204 Å². The number of fused-ring (bicyclic) bond motifs is 5. The second-order valence-electron chi connectivity index (χ2n) is 15.0. The van der Waals surface area contributed by atoms with Gasteiger partial charge in [-0.15, -0.1) is 0 Å². The highest BCUT2D eigenvalue weighted by atomic mass is 19.1. The van der Waals surface area contributed by atoms with Gasteiger partial charge in [-0.25, -0.2) is 4.39 Å². The van der Waals surface area contributed by atoms with E-state index in [0.717, 1.165) is 61.2 Å². The molecule has 0 aliphatic carbocycles. The van der Waals surface area contributed by atoms with Crippen LogP contribution >= 0.6 is 0 Å². The molecule has 0 atom stereocenters. The summed E-state index contributed by atoms with van der Waals surface area (Å²) in [4.78, 5) is 2.26. The summed E-state index contributed by atoms with van der Waals surface area (Å²) in [6.07, 6.45) is 0. The zero-order valence-electron chi connectivity index (χ0n) is 32.1. The fourth-order valence-corrected chi connectivity index (χ4v) is 8.99. The van der Waals surface area contributed by atoms with E-state index in [1.54, 1.807) is 12.1 Å². The predicted molar refractivity (Wildman–Crippen MR) is 247 cm³/mol. The zero-order chi connectivity index (χ0) is 39.3. The topological polar surface area (TPSA) is 8.17 Å². The van der Waals surface area contributed by atoms with Crippen molar-refractivity contribution in [2.75, 3.05) is 4.90 Å². The molecule has 11 aromatic rings. The van der Waals surface area contributed by atoms with Crippen LogP contribution in [0.5, 0.6) is 0 Å². The summed E-state index contributed by atoms with van der Waals surface area (Å²) in [5.74, 6) is -0.249. The highest BCUT2D eigenvalue weighted by molar-refractivity contribution is 6.21. The fourth-order valence-electron chi connectivity index (χ4n) is 8.99. The maximum atomic E-state index is 15.0. The molecule has 2 nitrogen and oxygen atoms in total. The lowest BCUT2D eigenvalue weighted by atomic mass is 9.86. The Labute approximate surface area is 342 Å². The highest BCUT2D eigenvalue weighted by Crippen LogP contribution is 2.44. The van der Waals surface area contributed by atoms with Crippen molar-refractivity contribution in [3.8, 4) is 39.1 Å². The number of benzene rings is 10. The van der Waals surface area contributed by atoms with Crippen LogP contribution in [0, 0.1) is 5.82 Å². The van der Waals surface area contributed by atoms with E-state index in [9.17, 15) is 0 Å². The number of hydrogen-bond acceptors (Lipinski definition) is 1. The van der Waals surface area contributed by atoms with E-state index in [1.165, 1.54) is 38.2 Å². The Kier molecular flexibility index (Phi) is 8.37. The Morgan fingerprint density at radius 2 is 0.712 bits per heavy atom. The SMILES string of the molecule is Fc1ccc2c(c1)c1cc(-c3ccc(N(c4ccccc4)c4ccccc4)cc3)ccc1n2-c1ccc(-c2c3ccccc3c(-c3ccccc3)c3ccccc23)cc1. The third kappa shape index (κ3) is 5.95. The van der Waals surface area contributed by atoms with E-state index in [-0.39, 0.29) is 5.82 Å². The molecule has 0 bridgehead atoms. The second kappa shape index (κ2) is 14.3. The third-order valence-corrected chi connectivity index (χ3v) is 11.6. The molecule has 59 heavy (non-hydrogen) atoms. The number of hydrogen-bond donors (Lipinski definition) is 0. The largest absolute Gasteiger partial charge is 0.311 e. The minimum Gasteiger partial charge on any atom is -0.311 e. The van der Waals surface area contributed by atoms with Crippen molar-refractivity contribution >= 4 is 60.4 Å². The number of para-hydroxylation sites is 2. The molecule has 0 saturated carbocycles. The fraction of sp³-hybridized carbons (Fsp3) is 0. The van der Waals surface area contributed by atoms with Crippen LogP contribution < -0.4 is 4.90 Å². The van der Waals surface area contributed by atoms with Crippen LogP contribution in [0.1, 0.15) is 0 Å². The number of anilines is 3. The normalized spacial score (nSPS) is 11.5. The molecule has 10 aromatic carbocycles. The van der Waals surface area contributed by atoms with Crippen LogP contribution in [-0.2, 0) is 0 Å². The van der Waals surface area contributed by atoms with Crippen molar-refractivity contribution < 1.29 is 4.39 Å². The minimum absolute atomic E-state index is 0.249. The van der Waals surface area contributed by atoms with Gasteiger partial charge in [0.15, 0.2) is 0 Å². The molecule has 1 aromatic heterocycles.